The van der Waals surface area contributed by atoms with Crippen LogP contribution < -0.4 is 10.1 Å². The molecule has 10 nitrogen and oxygen atoms in total. The second-order valence-electron chi connectivity index (χ2n) is 7.09. The molecule has 0 atom stereocenters. The molecule has 1 amide bonds. The Morgan fingerprint density at radius 1 is 0.657 bits per heavy atom. The van der Waals surface area contributed by atoms with E-state index in [1.807, 2.05) is 0 Å². The average molecular weight is 500 g/mol. The van der Waals surface area contributed by atoms with Crippen molar-refractivity contribution in [1.82, 2.24) is 0 Å². The van der Waals surface area contributed by atoms with Crippen molar-refractivity contribution in [1.29, 1.82) is 0 Å². The van der Waals surface area contributed by atoms with Crippen molar-refractivity contribution in [3.05, 3.63) is 36.9 Å². The molecule has 0 aliphatic rings. The Labute approximate surface area is 208 Å². The van der Waals surface area contributed by atoms with Crippen LogP contribution in [0.2, 0.25) is 0 Å². The first-order chi connectivity index (χ1) is 17.2. The molecular formula is C25H41NO9. The summed E-state index contributed by atoms with van der Waals surface area (Å²) in [6.45, 7) is 12.7. The summed E-state index contributed by atoms with van der Waals surface area (Å²) in [7, 11) is 0. The zero-order chi connectivity index (χ0) is 25.2. The first-order valence-corrected chi connectivity index (χ1v) is 11.9. The first kappa shape index (κ1) is 31.0. The van der Waals surface area contributed by atoms with Gasteiger partial charge in [0.05, 0.1) is 92.5 Å². The molecule has 0 heterocycles. The normalized spacial score (nSPS) is 10.9. The lowest BCUT2D eigenvalue weighted by Gasteiger charge is -2.09. The smallest absolute Gasteiger partial charge is 0.221 e. The van der Waals surface area contributed by atoms with Gasteiger partial charge in [0.25, 0.3) is 0 Å². The fourth-order valence-electron chi connectivity index (χ4n) is 2.54. The Morgan fingerprint density at radius 3 is 1.40 bits per heavy atom. The fourth-order valence-corrected chi connectivity index (χ4v) is 2.54. The minimum absolute atomic E-state index is 0.104. The van der Waals surface area contributed by atoms with E-state index in [1.54, 1.807) is 30.3 Å². The predicted molar refractivity (Wildman–Crippen MR) is 132 cm³/mol. The SMILES string of the molecule is C=CCOCCOCCOCCOCCOCCOCCOCCOc1ccc(NC(C)=O)cc1. The van der Waals surface area contributed by atoms with Crippen LogP contribution in [0.4, 0.5) is 5.69 Å². The molecule has 1 aromatic rings. The third-order valence-corrected chi connectivity index (χ3v) is 4.14. The molecule has 0 bridgehead atoms. The molecule has 0 saturated heterocycles. The highest BCUT2D eigenvalue weighted by Crippen LogP contribution is 2.15. The lowest BCUT2D eigenvalue weighted by molar-refractivity contribution is -0.114. The number of benzene rings is 1. The Balaban J connectivity index is 1.73. The van der Waals surface area contributed by atoms with Gasteiger partial charge in [-0.2, -0.15) is 0 Å². The third kappa shape index (κ3) is 21.0. The molecule has 0 saturated carbocycles. The van der Waals surface area contributed by atoms with Gasteiger partial charge in [0, 0.05) is 12.6 Å². The van der Waals surface area contributed by atoms with E-state index in [0.717, 1.165) is 11.4 Å². The molecule has 0 fully saturated rings. The molecule has 1 aromatic carbocycles. The summed E-state index contributed by atoms with van der Waals surface area (Å²) in [6, 6.07) is 7.18. The van der Waals surface area contributed by atoms with E-state index in [4.69, 9.17) is 37.9 Å². The molecule has 1 rings (SSSR count). The van der Waals surface area contributed by atoms with Crippen LogP contribution >= 0.6 is 0 Å². The number of anilines is 1. The molecule has 35 heavy (non-hydrogen) atoms. The van der Waals surface area contributed by atoms with Crippen LogP contribution in [0.1, 0.15) is 6.92 Å². The van der Waals surface area contributed by atoms with Crippen molar-refractivity contribution in [2.75, 3.05) is 104 Å². The van der Waals surface area contributed by atoms with Crippen molar-refractivity contribution in [2.24, 2.45) is 0 Å². The van der Waals surface area contributed by atoms with Gasteiger partial charge in [-0.05, 0) is 24.3 Å². The number of hydrogen-bond donors (Lipinski definition) is 1. The number of nitrogens with one attached hydrogen (secondary N) is 1. The standard InChI is InChI=1S/C25H41NO9/c1-3-8-28-9-10-29-11-12-30-13-14-31-15-16-32-17-18-33-19-20-34-21-22-35-25-6-4-24(5-7-25)26-23(2)27/h3-7H,1,8-22H2,2H3,(H,26,27). The number of rotatable bonds is 25. The second kappa shape index (κ2) is 23.7. The Hall–Kier alpha value is -2.05. The van der Waals surface area contributed by atoms with E-state index in [-0.39, 0.29) is 5.91 Å². The third-order valence-electron chi connectivity index (χ3n) is 4.14. The van der Waals surface area contributed by atoms with Crippen molar-refractivity contribution in [3.8, 4) is 5.75 Å². The van der Waals surface area contributed by atoms with Crippen LogP contribution in [-0.2, 0) is 38.0 Å². The van der Waals surface area contributed by atoms with Crippen LogP contribution in [0.5, 0.6) is 5.75 Å². The maximum Gasteiger partial charge on any atom is 0.221 e. The van der Waals surface area contributed by atoms with E-state index in [0.29, 0.717) is 99.1 Å². The number of hydrogen-bond acceptors (Lipinski definition) is 9. The van der Waals surface area contributed by atoms with Crippen molar-refractivity contribution < 1.29 is 42.7 Å². The lowest BCUT2D eigenvalue weighted by Crippen LogP contribution is -2.15. The van der Waals surface area contributed by atoms with Crippen molar-refractivity contribution in [3.63, 3.8) is 0 Å². The summed E-state index contributed by atoms with van der Waals surface area (Å²) < 4.78 is 43.3. The Kier molecular flexibility index (Phi) is 21.0. The molecule has 1 N–H and O–H groups in total. The average Bonchev–Trinajstić information content (AvgIpc) is 2.85. The van der Waals surface area contributed by atoms with E-state index in [1.165, 1.54) is 6.92 Å². The van der Waals surface area contributed by atoms with Crippen LogP contribution in [0.3, 0.4) is 0 Å². The minimum Gasteiger partial charge on any atom is -0.491 e. The monoisotopic (exact) mass is 499 g/mol. The quantitative estimate of drug-likeness (QED) is 0.160. The highest BCUT2D eigenvalue weighted by molar-refractivity contribution is 5.88. The zero-order valence-electron chi connectivity index (χ0n) is 20.9. The first-order valence-electron chi connectivity index (χ1n) is 11.9. The van der Waals surface area contributed by atoms with Crippen molar-refractivity contribution >= 4 is 11.6 Å². The Morgan fingerprint density at radius 2 is 1.03 bits per heavy atom. The van der Waals surface area contributed by atoms with Crippen LogP contribution in [0.15, 0.2) is 36.9 Å². The van der Waals surface area contributed by atoms with Crippen LogP contribution in [0.25, 0.3) is 0 Å². The second-order valence-corrected chi connectivity index (χ2v) is 7.09. The summed E-state index contributed by atoms with van der Waals surface area (Å²) >= 11 is 0. The minimum atomic E-state index is -0.104. The summed E-state index contributed by atoms with van der Waals surface area (Å²) in [6.07, 6.45) is 1.71. The zero-order valence-corrected chi connectivity index (χ0v) is 20.9. The number of carbonyl (C=O) groups is 1. The largest absolute Gasteiger partial charge is 0.491 e. The molecule has 0 aromatic heterocycles. The maximum atomic E-state index is 11.0. The fraction of sp³-hybridized carbons (Fsp3) is 0.640. The Bertz CT molecular complexity index is 628. The van der Waals surface area contributed by atoms with Crippen LogP contribution in [0, 0.1) is 0 Å². The summed E-state index contributed by atoms with van der Waals surface area (Å²) in [5.74, 6) is 0.617. The van der Waals surface area contributed by atoms with Gasteiger partial charge in [-0.3, -0.25) is 4.79 Å². The van der Waals surface area contributed by atoms with E-state index in [9.17, 15) is 4.79 Å². The highest BCUT2D eigenvalue weighted by atomic mass is 16.6. The molecule has 0 unspecified atom stereocenters. The summed E-state index contributed by atoms with van der Waals surface area (Å²) in [5, 5.41) is 2.71. The van der Waals surface area contributed by atoms with Crippen LogP contribution in [-0.4, -0.2) is 105 Å². The number of carbonyl (C=O) groups excluding carboxylic acids is 1. The van der Waals surface area contributed by atoms with Gasteiger partial charge in [0.1, 0.15) is 12.4 Å². The lowest BCUT2D eigenvalue weighted by atomic mass is 10.3. The van der Waals surface area contributed by atoms with E-state index in [2.05, 4.69) is 11.9 Å². The molecule has 0 radical (unpaired) electrons. The van der Waals surface area contributed by atoms with Gasteiger partial charge in [0.15, 0.2) is 0 Å². The molecule has 0 aliphatic carbocycles. The summed E-state index contributed by atoms with van der Waals surface area (Å²) in [5.41, 5.74) is 0.736. The van der Waals surface area contributed by atoms with Gasteiger partial charge in [0.2, 0.25) is 5.91 Å². The molecule has 0 aliphatic heterocycles. The van der Waals surface area contributed by atoms with Crippen molar-refractivity contribution in [2.45, 2.75) is 6.92 Å². The highest BCUT2D eigenvalue weighted by Gasteiger charge is 1.98. The number of ether oxygens (including phenoxy) is 8. The van der Waals surface area contributed by atoms with Gasteiger partial charge in [-0.1, -0.05) is 6.08 Å². The molecule has 200 valence electrons. The number of amides is 1. The van der Waals surface area contributed by atoms with E-state index < -0.39 is 0 Å². The molecule has 10 heteroatoms. The van der Waals surface area contributed by atoms with Gasteiger partial charge >= 0.3 is 0 Å². The van der Waals surface area contributed by atoms with E-state index >= 15 is 0 Å². The van der Waals surface area contributed by atoms with Gasteiger partial charge in [-0.25, -0.2) is 0 Å². The molecular weight excluding hydrogens is 458 g/mol. The topological polar surface area (TPSA) is 103 Å². The maximum absolute atomic E-state index is 11.0. The van der Waals surface area contributed by atoms with Gasteiger partial charge in [-0.15, -0.1) is 6.58 Å². The predicted octanol–water partition coefficient (Wildman–Crippen LogP) is 2.33. The van der Waals surface area contributed by atoms with Gasteiger partial charge < -0.3 is 43.2 Å². The summed E-state index contributed by atoms with van der Waals surface area (Å²) in [4.78, 5) is 11.0. The molecule has 0 spiro atoms.